The SMILES string of the molecule is CCC(C(N)=S)N(CC(C)C)C1CCCC1. The number of nitrogens with two attached hydrogens (primary N) is 1. The van der Waals surface area contributed by atoms with Crippen LogP contribution in [0.15, 0.2) is 0 Å². The molecule has 1 rings (SSSR count). The van der Waals surface area contributed by atoms with Crippen LogP contribution in [0.4, 0.5) is 0 Å². The largest absolute Gasteiger partial charge is 0.392 e. The van der Waals surface area contributed by atoms with Gasteiger partial charge in [-0.1, -0.05) is 45.8 Å². The van der Waals surface area contributed by atoms with Gasteiger partial charge >= 0.3 is 0 Å². The summed E-state index contributed by atoms with van der Waals surface area (Å²) >= 11 is 5.22. The van der Waals surface area contributed by atoms with E-state index < -0.39 is 0 Å². The van der Waals surface area contributed by atoms with Crippen LogP contribution in [0.5, 0.6) is 0 Å². The second-order valence-corrected chi connectivity index (χ2v) is 5.83. The van der Waals surface area contributed by atoms with Crippen molar-refractivity contribution >= 4 is 17.2 Å². The van der Waals surface area contributed by atoms with Crippen LogP contribution in [0.2, 0.25) is 0 Å². The average Bonchev–Trinajstić information content (AvgIpc) is 2.68. The second-order valence-electron chi connectivity index (χ2n) is 5.36. The summed E-state index contributed by atoms with van der Waals surface area (Å²) in [5.41, 5.74) is 5.88. The van der Waals surface area contributed by atoms with Gasteiger partial charge in [0.05, 0.1) is 11.0 Å². The van der Waals surface area contributed by atoms with Crippen LogP contribution in [-0.2, 0) is 0 Å². The fourth-order valence-corrected chi connectivity index (χ4v) is 3.09. The van der Waals surface area contributed by atoms with E-state index in [9.17, 15) is 0 Å². The predicted octanol–water partition coefficient (Wildman–Crippen LogP) is 2.95. The van der Waals surface area contributed by atoms with Gasteiger partial charge < -0.3 is 5.73 Å². The van der Waals surface area contributed by atoms with Crippen LogP contribution in [0.3, 0.4) is 0 Å². The third-order valence-electron chi connectivity index (χ3n) is 3.49. The summed E-state index contributed by atoms with van der Waals surface area (Å²) in [6, 6.07) is 1.02. The number of hydrogen-bond acceptors (Lipinski definition) is 2. The lowest BCUT2D eigenvalue weighted by Crippen LogP contribution is -2.49. The van der Waals surface area contributed by atoms with E-state index in [0.717, 1.165) is 13.0 Å². The van der Waals surface area contributed by atoms with E-state index >= 15 is 0 Å². The fourth-order valence-electron chi connectivity index (χ4n) is 2.79. The zero-order valence-electron chi connectivity index (χ0n) is 10.9. The Morgan fingerprint density at radius 3 is 2.31 bits per heavy atom. The third-order valence-corrected chi connectivity index (χ3v) is 3.76. The van der Waals surface area contributed by atoms with Crippen molar-refractivity contribution in [3.8, 4) is 0 Å². The van der Waals surface area contributed by atoms with Crippen molar-refractivity contribution in [2.24, 2.45) is 11.7 Å². The van der Waals surface area contributed by atoms with Gasteiger partial charge in [0.15, 0.2) is 0 Å². The van der Waals surface area contributed by atoms with E-state index in [1.165, 1.54) is 25.7 Å². The molecule has 0 amide bonds. The van der Waals surface area contributed by atoms with Gasteiger partial charge in [-0.25, -0.2) is 0 Å². The second kappa shape index (κ2) is 6.55. The highest BCUT2D eigenvalue weighted by Crippen LogP contribution is 2.26. The molecule has 2 N–H and O–H groups in total. The molecule has 0 heterocycles. The summed E-state index contributed by atoms with van der Waals surface area (Å²) in [5, 5.41) is 0. The lowest BCUT2D eigenvalue weighted by Gasteiger charge is -2.36. The van der Waals surface area contributed by atoms with E-state index in [1.54, 1.807) is 0 Å². The van der Waals surface area contributed by atoms with E-state index in [1.807, 2.05) is 0 Å². The molecule has 0 aromatic heterocycles. The molecule has 0 spiro atoms. The fraction of sp³-hybridized carbons (Fsp3) is 0.923. The minimum atomic E-state index is 0.306. The van der Waals surface area contributed by atoms with Crippen LogP contribution in [0.25, 0.3) is 0 Å². The molecule has 0 bridgehead atoms. The first-order valence-corrected chi connectivity index (χ1v) is 7.02. The Balaban J connectivity index is 2.71. The monoisotopic (exact) mass is 242 g/mol. The summed E-state index contributed by atoms with van der Waals surface area (Å²) in [5.74, 6) is 0.684. The smallest absolute Gasteiger partial charge is 0.0902 e. The Labute approximate surface area is 106 Å². The van der Waals surface area contributed by atoms with Crippen LogP contribution in [-0.4, -0.2) is 28.5 Å². The molecule has 1 fully saturated rings. The molecular weight excluding hydrogens is 216 g/mol. The molecule has 0 aromatic carbocycles. The minimum Gasteiger partial charge on any atom is -0.392 e. The summed E-state index contributed by atoms with van der Waals surface area (Å²) in [6.45, 7) is 7.86. The van der Waals surface area contributed by atoms with Crippen molar-refractivity contribution in [3.05, 3.63) is 0 Å². The lowest BCUT2D eigenvalue weighted by molar-refractivity contribution is 0.149. The minimum absolute atomic E-state index is 0.306. The quantitative estimate of drug-likeness (QED) is 0.726. The highest BCUT2D eigenvalue weighted by atomic mass is 32.1. The zero-order valence-corrected chi connectivity index (χ0v) is 11.7. The van der Waals surface area contributed by atoms with Crippen molar-refractivity contribution in [2.45, 2.75) is 65.0 Å². The molecule has 0 aliphatic heterocycles. The van der Waals surface area contributed by atoms with Crippen molar-refractivity contribution in [3.63, 3.8) is 0 Å². The Morgan fingerprint density at radius 1 is 1.38 bits per heavy atom. The van der Waals surface area contributed by atoms with Gasteiger partial charge in [-0.15, -0.1) is 0 Å². The molecule has 16 heavy (non-hydrogen) atoms. The van der Waals surface area contributed by atoms with Crippen molar-refractivity contribution in [2.75, 3.05) is 6.54 Å². The van der Waals surface area contributed by atoms with Gasteiger partial charge in [0, 0.05) is 12.6 Å². The molecule has 94 valence electrons. The van der Waals surface area contributed by atoms with Gasteiger partial charge in [0.2, 0.25) is 0 Å². The normalized spacial score (nSPS) is 19.6. The average molecular weight is 242 g/mol. The zero-order chi connectivity index (χ0) is 12.1. The van der Waals surface area contributed by atoms with Crippen LogP contribution in [0, 0.1) is 5.92 Å². The van der Waals surface area contributed by atoms with Gasteiger partial charge in [-0.2, -0.15) is 0 Å². The molecule has 0 saturated heterocycles. The molecule has 1 saturated carbocycles. The summed E-state index contributed by atoms with van der Waals surface area (Å²) in [4.78, 5) is 3.25. The molecule has 1 aliphatic rings. The molecular formula is C13H26N2S. The van der Waals surface area contributed by atoms with Crippen molar-refractivity contribution in [1.29, 1.82) is 0 Å². The van der Waals surface area contributed by atoms with E-state index in [-0.39, 0.29) is 0 Å². The molecule has 3 heteroatoms. The maximum atomic E-state index is 5.88. The van der Waals surface area contributed by atoms with E-state index in [4.69, 9.17) is 18.0 Å². The highest BCUT2D eigenvalue weighted by Gasteiger charge is 2.29. The summed E-state index contributed by atoms with van der Waals surface area (Å²) in [6.07, 6.45) is 6.43. The maximum absolute atomic E-state index is 5.88. The number of nitrogens with zero attached hydrogens (tertiary/aromatic N) is 1. The highest BCUT2D eigenvalue weighted by molar-refractivity contribution is 7.80. The first kappa shape index (κ1) is 13.9. The Kier molecular flexibility index (Phi) is 5.70. The van der Waals surface area contributed by atoms with Gasteiger partial charge in [-0.05, 0) is 25.2 Å². The molecule has 1 atom stereocenters. The molecule has 0 radical (unpaired) electrons. The van der Waals surface area contributed by atoms with E-state index in [2.05, 4.69) is 25.7 Å². The van der Waals surface area contributed by atoms with Crippen molar-refractivity contribution in [1.82, 2.24) is 4.90 Å². The lowest BCUT2D eigenvalue weighted by atomic mass is 10.1. The number of rotatable bonds is 6. The molecule has 1 aliphatic carbocycles. The molecule has 2 nitrogen and oxygen atoms in total. The Morgan fingerprint density at radius 2 is 1.94 bits per heavy atom. The predicted molar refractivity (Wildman–Crippen MR) is 74.7 cm³/mol. The van der Waals surface area contributed by atoms with Gasteiger partial charge in [0.1, 0.15) is 0 Å². The standard InChI is InChI=1S/C13H26N2S/c1-4-12(13(14)16)15(9-10(2)3)11-7-5-6-8-11/h10-12H,4-9H2,1-3H3,(H2,14,16). The molecule has 1 unspecified atom stereocenters. The van der Waals surface area contributed by atoms with Crippen LogP contribution >= 0.6 is 12.2 Å². The van der Waals surface area contributed by atoms with Crippen LogP contribution < -0.4 is 5.73 Å². The summed E-state index contributed by atoms with van der Waals surface area (Å²) < 4.78 is 0. The maximum Gasteiger partial charge on any atom is 0.0902 e. The topological polar surface area (TPSA) is 29.3 Å². The molecule has 0 aromatic rings. The first-order valence-electron chi connectivity index (χ1n) is 6.61. The Hall–Kier alpha value is -0.150. The van der Waals surface area contributed by atoms with Crippen molar-refractivity contribution < 1.29 is 0 Å². The summed E-state index contributed by atoms with van der Waals surface area (Å²) in [7, 11) is 0. The van der Waals surface area contributed by atoms with Gasteiger partial charge in [0.25, 0.3) is 0 Å². The van der Waals surface area contributed by atoms with Gasteiger partial charge in [-0.3, -0.25) is 4.90 Å². The van der Waals surface area contributed by atoms with Crippen LogP contribution in [0.1, 0.15) is 52.9 Å². The number of thiocarbonyl (C=S) groups is 1. The van der Waals surface area contributed by atoms with E-state index in [0.29, 0.717) is 23.0 Å². The Bertz CT molecular complexity index is 222. The first-order chi connectivity index (χ1) is 7.56. The number of hydrogen-bond donors (Lipinski definition) is 1. The third kappa shape index (κ3) is 3.70.